The van der Waals surface area contributed by atoms with Gasteiger partial charge in [-0.2, -0.15) is 0 Å². The number of rotatable bonds is 7. The highest BCUT2D eigenvalue weighted by molar-refractivity contribution is 6.53. The summed E-state index contributed by atoms with van der Waals surface area (Å²) >= 11 is 10.6. The second-order valence-corrected chi connectivity index (χ2v) is 5.85. The molecule has 8 heteroatoms. The minimum atomic E-state index is -1.45. The molecule has 2 aromatic carbocycles. The summed E-state index contributed by atoms with van der Waals surface area (Å²) in [4.78, 5) is 25.4. The average molecular weight is 382 g/mol. The first-order chi connectivity index (χ1) is 12.0. The molecule has 0 radical (unpaired) electrons. The van der Waals surface area contributed by atoms with Crippen LogP contribution in [0.5, 0.6) is 5.75 Å². The highest BCUT2D eigenvalue weighted by Crippen LogP contribution is 2.15. The number of nitrogens with zero attached hydrogens (tertiary/aromatic N) is 1. The van der Waals surface area contributed by atoms with Gasteiger partial charge in [0.25, 0.3) is 0 Å². The lowest BCUT2D eigenvalue weighted by molar-refractivity contribution is -0.141. The van der Waals surface area contributed by atoms with E-state index in [9.17, 15) is 14.7 Å². The van der Waals surface area contributed by atoms with Crippen molar-refractivity contribution in [2.45, 2.75) is 11.4 Å². The predicted octanol–water partition coefficient (Wildman–Crippen LogP) is 3.40. The van der Waals surface area contributed by atoms with Crippen molar-refractivity contribution in [2.75, 3.05) is 0 Å². The van der Waals surface area contributed by atoms with Crippen molar-refractivity contribution in [3.63, 3.8) is 0 Å². The summed E-state index contributed by atoms with van der Waals surface area (Å²) in [5, 5.41) is 12.5. The van der Waals surface area contributed by atoms with Gasteiger partial charge in [0.1, 0.15) is 12.4 Å². The molecule has 2 rings (SSSR count). The first kappa shape index (κ1) is 18.8. The molecule has 1 N–H and O–H groups in total. The van der Waals surface area contributed by atoms with E-state index in [1.807, 2.05) is 30.3 Å². The van der Waals surface area contributed by atoms with Gasteiger partial charge in [0.15, 0.2) is 5.71 Å². The fraction of sp³-hybridized carbons (Fsp3) is 0.118. The lowest BCUT2D eigenvalue weighted by Gasteiger charge is -2.07. The van der Waals surface area contributed by atoms with Crippen LogP contribution in [-0.4, -0.2) is 27.6 Å². The molecule has 0 aliphatic rings. The van der Waals surface area contributed by atoms with E-state index in [0.717, 1.165) is 5.56 Å². The van der Waals surface area contributed by atoms with Crippen LogP contribution in [0.2, 0.25) is 0 Å². The summed E-state index contributed by atoms with van der Waals surface area (Å²) in [6.07, 6.45) is 0. The smallest absolute Gasteiger partial charge is 0.367 e. The average Bonchev–Trinajstić information content (AvgIpc) is 2.61. The Hall–Kier alpha value is -2.57. The lowest BCUT2D eigenvalue weighted by Crippen LogP contribution is -2.17. The molecule has 0 fully saturated rings. The Labute approximate surface area is 153 Å². The maximum atomic E-state index is 11.3. The van der Waals surface area contributed by atoms with Crippen LogP contribution < -0.4 is 4.74 Å². The topological polar surface area (TPSA) is 85.2 Å². The highest BCUT2D eigenvalue weighted by atomic mass is 35.5. The monoisotopic (exact) mass is 381 g/mol. The zero-order chi connectivity index (χ0) is 18.2. The number of carboxylic acid groups (broad SMARTS) is 1. The number of carbonyl (C=O) groups excluding carboxylic acids is 1. The van der Waals surface area contributed by atoms with E-state index >= 15 is 0 Å². The predicted molar refractivity (Wildman–Crippen MR) is 93.0 cm³/mol. The van der Waals surface area contributed by atoms with E-state index < -0.39 is 22.5 Å². The molecule has 0 aromatic heterocycles. The number of alkyl halides is 2. The SMILES string of the molecule is O=C(O)/C(=N\OC(=O)C(Cl)Cl)c1ccc(OCc2ccccc2)cc1. The van der Waals surface area contributed by atoms with Crippen molar-refractivity contribution in [3.05, 3.63) is 65.7 Å². The van der Waals surface area contributed by atoms with Crippen LogP contribution in [0.1, 0.15) is 11.1 Å². The molecule has 0 aliphatic heterocycles. The molecule has 0 saturated carbocycles. The van der Waals surface area contributed by atoms with Gasteiger partial charge in [0, 0.05) is 5.56 Å². The quantitative estimate of drug-likeness (QED) is 0.343. The zero-order valence-corrected chi connectivity index (χ0v) is 14.3. The number of ether oxygens (including phenoxy) is 1. The molecular formula is C17H13Cl2NO5. The van der Waals surface area contributed by atoms with Gasteiger partial charge in [0.2, 0.25) is 4.84 Å². The maximum Gasteiger partial charge on any atom is 0.367 e. The third-order valence-electron chi connectivity index (χ3n) is 2.98. The number of carboxylic acids is 1. The van der Waals surface area contributed by atoms with Crippen LogP contribution in [0.15, 0.2) is 59.8 Å². The maximum absolute atomic E-state index is 11.3. The van der Waals surface area contributed by atoms with Gasteiger partial charge in [-0.3, -0.25) is 0 Å². The Bertz CT molecular complexity index is 760. The lowest BCUT2D eigenvalue weighted by atomic mass is 10.1. The number of benzene rings is 2. The standard InChI is InChI=1S/C17H13Cl2NO5/c18-15(19)17(23)25-20-14(16(21)22)12-6-8-13(9-7-12)24-10-11-4-2-1-3-5-11/h1-9,15H,10H2,(H,21,22)/b20-14-. The van der Waals surface area contributed by atoms with E-state index in [-0.39, 0.29) is 5.56 Å². The minimum absolute atomic E-state index is 0.230. The van der Waals surface area contributed by atoms with Crippen LogP contribution in [0.3, 0.4) is 0 Å². The molecule has 0 spiro atoms. The number of hydrogen-bond donors (Lipinski definition) is 1. The van der Waals surface area contributed by atoms with Crippen molar-refractivity contribution in [1.82, 2.24) is 0 Å². The fourth-order valence-corrected chi connectivity index (χ4v) is 1.88. The van der Waals surface area contributed by atoms with Gasteiger partial charge >= 0.3 is 11.9 Å². The van der Waals surface area contributed by atoms with Crippen LogP contribution in [0.25, 0.3) is 0 Å². The van der Waals surface area contributed by atoms with Crippen molar-refractivity contribution < 1.29 is 24.3 Å². The first-order valence-corrected chi connectivity index (χ1v) is 7.92. The van der Waals surface area contributed by atoms with Crippen LogP contribution in [0.4, 0.5) is 0 Å². The second kappa shape index (κ2) is 9.05. The second-order valence-electron chi connectivity index (χ2n) is 4.75. The molecule has 2 aromatic rings. The van der Waals surface area contributed by atoms with Gasteiger partial charge in [-0.15, -0.1) is 0 Å². The molecule has 0 saturated heterocycles. The van der Waals surface area contributed by atoms with E-state index in [2.05, 4.69) is 9.99 Å². The summed E-state index contributed by atoms with van der Waals surface area (Å²) in [5.74, 6) is -1.88. The van der Waals surface area contributed by atoms with Crippen molar-refractivity contribution in [2.24, 2.45) is 5.16 Å². The molecule has 6 nitrogen and oxygen atoms in total. The zero-order valence-electron chi connectivity index (χ0n) is 12.8. The summed E-state index contributed by atoms with van der Waals surface area (Å²) in [6, 6.07) is 15.7. The summed E-state index contributed by atoms with van der Waals surface area (Å²) in [5.41, 5.74) is 0.771. The molecule has 130 valence electrons. The first-order valence-electron chi connectivity index (χ1n) is 7.05. The number of oxime groups is 1. The van der Waals surface area contributed by atoms with Crippen LogP contribution in [0, 0.1) is 0 Å². The molecule has 25 heavy (non-hydrogen) atoms. The Morgan fingerprint density at radius 3 is 2.24 bits per heavy atom. The van der Waals surface area contributed by atoms with Gasteiger partial charge in [0.05, 0.1) is 0 Å². The summed E-state index contributed by atoms with van der Waals surface area (Å²) in [7, 11) is 0. The molecule has 0 heterocycles. The van der Waals surface area contributed by atoms with Gasteiger partial charge in [-0.1, -0.05) is 58.7 Å². The third-order valence-corrected chi connectivity index (χ3v) is 3.34. The molecule has 0 aliphatic carbocycles. The van der Waals surface area contributed by atoms with E-state index in [1.54, 1.807) is 12.1 Å². The Morgan fingerprint density at radius 1 is 1.04 bits per heavy atom. The number of halogens is 2. The third kappa shape index (κ3) is 5.77. The molecule has 0 amide bonds. The van der Waals surface area contributed by atoms with Crippen LogP contribution >= 0.6 is 23.2 Å². The highest BCUT2D eigenvalue weighted by Gasteiger charge is 2.18. The van der Waals surface area contributed by atoms with Gasteiger partial charge in [-0.05, 0) is 29.8 Å². The normalized spacial score (nSPS) is 11.2. The van der Waals surface area contributed by atoms with Gasteiger partial charge in [-0.25, -0.2) is 9.59 Å². The number of carbonyl (C=O) groups is 2. The minimum Gasteiger partial charge on any atom is -0.489 e. The molecule has 0 bridgehead atoms. The van der Waals surface area contributed by atoms with Crippen LogP contribution in [-0.2, 0) is 21.0 Å². The molecule has 0 atom stereocenters. The molecular weight excluding hydrogens is 369 g/mol. The molecule has 0 unspecified atom stereocenters. The van der Waals surface area contributed by atoms with E-state index in [0.29, 0.717) is 12.4 Å². The van der Waals surface area contributed by atoms with E-state index in [1.165, 1.54) is 12.1 Å². The number of hydrogen-bond acceptors (Lipinski definition) is 5. The Morgan fingerprint density at radius 2 is 1.68 bits per heavy atom. The Kier molecular flexibility index (Phi) is 6.80. The van der Waals surface area contributed by atoms with Crippen molar-refractivity contribution >= 4 is 40.9 Å². The summed E-state index contributed by atoms with van der Waals surface area (Å²) < 4.78 is 5.61. The van der Waals surface area contributed by atoms with E-state index in [4.69, 9.17) is 27.9 Å². The fourth-order valence-electron chi connectivity index (χ4n) is 1.80. The number of aliphatic carboxylic acids is 1. The largest absolute Gasteiger partial charge is 0.489 e. The Balaban J connectivity index is 2.06. The van der Waals surface area contributed by atoms with Crippen molar-refractivity contribution in [1.29, 1.82) is 0 Å². The van der Waals surface area contributed by atoms with Gasteiger partial charge < -0.3 is 14.7 Å². The van der Waals surface area contributed by atoms with Crippen molar-refractivity contribution in [3.8, 4) is 5.75 Å². The summed E-state index contributed by atoms with van der Waals surface area (Å²) in [6.45, 7) is 0.379.